The first-order valence-corrected chi connectivity index (χ1v) is 4.79. The van der Waals surface area contributed by atoms with Crippen molar-refractivity contribution in [2.75, 3.05) is 11.9 Å². The Morgan fingerprint density at radius 1 is 1.56 bits per heavy atom. The Balaban J connectivity index is 2.54. The lowest BCUT2D eigenvalue weighted by Crippen LogP contribution is -2.06. The van der Waals surface area contributed by atoms with Gasteiger partial charge in [-0.3, -0.25) is 4.79 Å². The Hall–Kier alpha value is -2.09. The highest BCUT2D eigenvalue weighted by Crippen LogP contribution is 2.15. The molecule has 2 N–H and O–H groups in total. The minimum atomic E-state index is -0.860. The van der Waals surface area contributed by atoms with E-state index >= 15 is 0 Å². The van der Waals surface area contributed by atoms with Gasteiger partial charge in [0.1, 0.15) is 11.9 Å². The molecule has 16 heavy (non-hydrogen) atoms. The van der Waals surface area contributed by atoms with E-state index < -0.39 is 11.8 Å². The summed E-state index contributed by atoms with van der Waals surface area (Å²) in [6.45, 7) is 0.437. The number of anilines is 1. The van der Waals surface area contributed by atoms with Gasteiger partial charge in [0.25, 0.3) is 0 Å². The zero-order valence-corrected chi connectivity index (χ0v) is 8.53. The summed E-state index contributed by atoms with van der Waals surface area (Å²) >= 11 is 0. The van der Waals surface area contributed by atoms with Crippen LogP contribution in [0.15, 0.2) is 18.2 Å². The molecule has 5 heteroatoms. The highest BCUT2D eigenvalue weighted by atomic mass is 19.1. The van der Waals surface area contributed by atoms with E-state index in [-0.39, 0.29) is 12.0 Å². The summed E-state index contributed by atoms with van der Waals surface area (Å²) in [5, 5.41) is 20.0. The number of nitriles is 1. The fraction of sp³-hybridized carbons (Fsp3) is 0.273. The molecule has 1 aromatic rings. The molecule has 0 atom stereocenters. The van der Waals surface area contributed by atoms with Crippen LogP contribution < -0.4 is 5.32 Å². The van der Waals surface area contributed by atoms with E-state index in [2.05, 4.69) is 5.32 Å². The summed E-state index contributed by atoms with van der Waals surface area (Å²) in [6, 6.07) is 5.72. The molecule has 0 amide bonds. The highest BCUT2D eigenvalue weighted by molar-refractivity contribution is 5.66. The summed E-state index contributed by atoms with van der Waals surface area (Å²) in [4.78, 5) is 10.2. The van der Waals surface area contributed by atoms with E-state index in [9.17, 15) is 9.18 Å². The van der Waals surface area contributed by atoms with Crippen LogP contribution in [0, 0.1) is 17.1 Å². The van der Waals surface area contributed by atoms with E-state index in [4.69, 9.17) is 10.4 Å². The van der Waals surface area contributed by atoms with Crippen molar-refractivity contribution in [2.24, 2.45) is 0 Å². The molecule has 0 saturated heterocycles. The van der Waals surface area contributed by atoms with Crippen LogP contribution in [0.5, 0.6) is 0 Å². The molecule has 84 valence electrons. The Morgan fingerprint density at radius 3 is 2.94 bits per heavy atom. The molecular formula is C11H11FN2O2. The van der Waals surface area contributed by atoms with E-state index in [1.54, 1.807) is 0 Å². The van der Waals surface area contributed by atoms with E-state index in [0.29, 0.717) is 18.7 Å². The molecule has 0 bridgehead atoms. The largest absolute Gasteiger partial charge is 0.481 e. The minimum Gasteiger partial charge on any atom is -0.481 e. The number of hydrogen-bond donors (Lipinski definition) is 2. The number of carbonyl (C=O) groups is 1. The number of benzene rings is 1. The Bertz CT molecular complexity index is 426. The maximum Gasteiger partial charge on any atom is 0.303 e. The van der Waals surface area contributed by atoms with Gasteiger partial charge in [-0.2, -0.15) is 5.26 Å². The van der Waals surface area contributed by atoms with Crippen molar-refractivity contribution in [3.63, 3.8) is 0 Å². The number of hydrogen-bond acceptors (Lipinski definition) is 3. The maximum absolute atomic E-state index is 12.8. The first-order valence-electron chi connectivity index (χ1n) is 4.79. The second-order valence-electron chi connectivity index (χ2n) is 3.23. The fourth-order valence-corrected chi connectivity index (χ4v) is 1.23. The van der Waals surface area contributed by atoms with Gasteiger partial charge in [-0.15, -0.1) is 0 Å². The first kappa shape index (κ1) is 12.0. The Labute approximate surface area is 92.3 Å². The van der Waals surface area contributed by atoms with Crippen LogP contribution in [-0.4, -0.2) is 17.6 Å². The van der Waals surface area contributed by atoms with E-state index in [0.717, 1.165) is 6.07 Å². The molecule has 0 aliphatic carbocycles. The third-order valence-electron chi connectivity index (χ3n) is 1.98. The van der Waals surface area contributed by atoms with Crippen molar-refractivity contribution >= 4 is 11.7 Å². The molecule has 0 aliphatic heterocycles. The lowest BCUT2D eigenvalue weighted by atomic mass is 10.2. The number of rotatable bonds is 5. The van der Waals surface area contributed by atoms with Crippen molar-refractivity contribution in [3.8, 4) is 6.07 Å². The molecule has 0 saturated carbocycles. The monoisotopic (exact) mass is 222 g/mol. The van der Waals surface area contributed by atoms with Crippen LogP contribution in [0.1, 0.15) is 18.4 Å². The number of nitrogens with zero attached hydrogens (tertiary/aromatic N) is 1. The normalized spacial score (nSPS) is 9.50. The Kier molecular flexibility index (Phi) is 4.28. The molecule has 0 aliphatic rings. The first-order chi connectivity index (χ1) is 7.63. The standard InChI is InChI=1S/C11H11FN2O2/c12-9-3-4-10(8(6-9)7-13)14-5-1-2-11(15)16/h3-4,6,14H,1-2,5H2,(H,15,16). The maximum atomic E-state index is 12.8. The third-order valence-corrected chi connectivity index (χ3v) is 1.98. The van der Waals surface area contributed by atoms with E-state index in [1.165, 1.54) is 12.1 Å². The molecule has 0 heterocycles. The van der Waals surface area contributed by atoms with Gasteiger partial charge in [-0.05, 0) is 24.6 Å². The lowest BCUT2D eigenvalue weighted by molar-refractivity contribution is -0.137. The number of carboxylic acid groups (broad SMARTS) is 1. The average Bonchev–Trinajstić information content (AvgIpc) is 2.25. The summed E-state index contributed by atoms with van der Waals surface area (Å²) in [6.07, 6.45) is 0.521. The van der Waals surface area contributed by atoms with E-state index in [1.807, 2.05) is 6.07 Å². The molecule has 1 rings (SSSR count). The quantitative estimate of drug-likeness (QED) is 0.747. The van der Waals surface area contributed by atoms with Gasteiger partial charge >= 0.3 is 5.97 Å². The molecule has 0 aromatic heterocycles. The second kappa shape index (κ2) is 5.71. The molecule has 1 aromatic carbocycles. The number of nitrogens with one attached hydrogen (secondary N) is 1. The molecule has 4 nitrogen and oxygen atoms in total. The molecule has 0 spiro atoms. The van der Waals surface area contributed by atoms with Crippen molar-refractivity contribution in [1.82, 2.24) is 0 Å². The molecule has 0 radical (unpaired) electrons. The molecular weight excluding hydrogens is 211 g/mol. The summed E-state index contributed by atoms with van der Waals surface area (Å²) in [7, 11) is 0. The Morgan fingerprint density at radius 2 is 2.31 bits per heavy atom. The fourth-order valence-electron chi connectivity index (χ4n) is 1.23. The van der Waals surface area contributed by atoms with Gasteiger partial charge in [0.2, 0.25) is 0 Å². The average molecular weight is 222 g/mol. The summed E-state index contributed by atoms with van der Waals surface area (Å²) in [5.41, 5.74) is 0.740. The van der Waals surface area contributed by atoms with Crippen LogP contribution in [0.3, 0.4) is 0 Å². The topological polar surface area (TPSA) is 73.1 Å². The van der Waals surface area contributed by atoms with Crippen LogP contribution in [0.25, 0.3) is 0 Å². The smallest absolute Gasteiger partial charge is 0.303 e. The van der Waals surface area contributed by atoms with Crippen molar-refractivity contribution in [2.45, 2.75) is 12.8 Å². The van der Waals surface area contributed by atoms with Gasteiger partial charge in [0.15, 0.2) is 0 Å². The minimum absolute atomic E-state index is 0.0656. The SMILES string of the molecule is N#Cc1cc(F)ccc1NCCCC(=O)O. The summed E-state index contributed by atoms with van der Waals surface area (Å²) in [5.74, 6) is -1.32. The van der Waals surface area contributed by atoms with Gasteiger partial charge in [0, 0.05) is 13.0 Å². The van der Waals surface area contributed by atoms with Crippen LogP contribution in [0.2, 0.25) is 0 Å². The van der Waals surface area contributed by atoms with Gasteiger partial charge in [-0.25, -0.2) is 4.39 Å². The van der Waals surface area contributed by atoms with Gasteiger partial charge in [0.05, 0.1) is 11.3 Å². The lowest BCUT2D eigenvalue weighted by Gasteiger charge is -2.06. The summed E-state index contributed by atoms with van der Waals surface area (Å²) < 4.78 is 12.8. The zero-order chi connectivity index (χ0) is 12.0. The van der Waals surface area contributed by atoms with Crippen LogP contribution in [-0.2, 0) is 4.79 Å². The van der Waals surface area contributed by atoms with Crippen LogP contribution >= 0.6 is 0 Å². The number of carboxylic acids is 1. The zero-order valence-electron chi connectivity index (χ0n) is 8.53. The number of aliphatic carboxylic acids is 1. The number of halogens is 1. The predicted octanol–water partition coefficient (Wildman–Crippen LogP) is 1.97. The third kappa shape index (κ3) is 3.58. The van der Waals surface area contributed by atoms with Crippen LogP contribution in [0.4, 0.5) is 10.1 Å². The van der Waals surface area contributed by atoms with Crippen molar-refractivity contribution in [3.05, 3.63) is 29.6 Å². The van der Waals surface area contributed by atoms with Crippen molar-refractivity contribution < 1.29 is 14.3 Å². The second-order valence-corrected chi connectivity index (χ2v) is 3.23. The molecule has 0 unspecified atom stereocenters. The van der Waals surface area contributed by atoms with Gasteiger partial charge < -0.3 is 10.4 Å². The molecule has 0 fully saturated rings. The van der Waals surface area contributed by atoms with Gasteiger partial charge in [-0.1, -0.05) is 0 Å². The predicted molar refractivity (Wildman–Crippen MR) is 56.5 cm³/mol. The highest BCUT2D eigenvalue weighted by Gasteiger charge is 2.03. The van der Waals surface area contributed by atoms with Crippen molar-refractivity contribution in [1.29, 1.82) is 5.26 Å².